The zero-order chi connectivity index (χ0) is 16.5. The lowest BCUT2D eigenvalue weighted by Crippen LogP contribution is -2.33. The van der Waals surface area contributed by atoms with Crippen molar-refractivity contribution in [3.63, 3.8) is 0 Å². The summed E-state index contributed by atoms with van der Waals surface area (Å²) in [4.78, 5) is 7.67. The SMILES string of the molecule is Fc1ccccc1-c1nc2cc[n+](Cc3ccc(Cl)cc3)cc2[nH]1. The number of nitrogens with one attached hydrogen (secondary N) is 1. The summed E-state index contributed by atoms with van der Waals surface area (Å²) in [6.45, 7) is 0.723. The molecule has 2 aromatic heterocycles. The van der Waals surface area contributed by atoms with Crippen molar-refractivity contribution in [2.75, 3.05) is 0 Å². The van der Waals surface area contributed by atoms with Crippen LogP contribution >= 0.6 is 11.6 Å². The summed E-state index contributed by atoms with van der Waals surface area (Å²) >= 11 is 5.92. The molecule has 0 saturated heterocycles. The Labute approximate surface area is 143 Å². The minimum Gasteiger partial charge on any atom is -0.333 e. The van der Waals surface area contributed by atoms with Crippen LogP contribution in [0.2, 0.25) is 5.02 Å². The predicted octanol–water partition coefficient (Wildman–Crippen LogP) is 4.36. The number of aromatic amines is 1. The molecule has 0 aliphatic rings. The van der Waals surface area contributed by atoms with Crippen LogP contribution in [0.3, 0.4) is 0 Å². The molecule has 1 N–H and O–H groups in total. The van der Waals surface area contributed by atoms with Crippen LogP contribution in [0.4, 0.5) is 4.39 Å². The third kappa shape index (κ3) is 2.88. The number of fused-ring (bicyclic) bond motifs is 1. The smallest absolute Gasteiger partial charge is 0.195 e. The summed E-state index contributed by atoms with van der Waals surface area (Å²) in [5.41, 5.74) is 3.29. The Kier molecular flexibility index (Phi) is 3.75. The molecular weight excluding hydrogens is 325 g/mol. The van der Waals surface area contributed by atoms with Gasteiger partial charge >= 0.3 is 0 Å². The minimum absolute atomic E-state index is 0.286. The van der Waals surface area contributed by atoms with Gasteiger partial charge in [0, 0.05) is 16.7 Å². The third-order valence-electron chi connectivity index (χ3n) is 3.89. The molecule has 0 saturated carbocycles. The number of hydrogen-bond acceptors (Lipinski definition) is 1. The fourth-order valence-corrected chi connectivity index (χ4v) is 2.81. The molecule has 0 fully saturated rings. The zero-order valence-electron chi connectivity index (χ0n) is 12.7. The van der Waals surface area contributed by atoms with E-state index >= 15 is 0 Å². The van der Waals surface area contributed by atoms with Gasteiger partial charge in [-0.2, -0.15) is 4.57 Å². The molecule has 2 heterocycles. The van der Waals surface area contributed by atoms with Gasteiger partial charge in [-0.05, 0) is 24.3 Å². The number of halogens is 2. The Balaban J connectivity index is 1.68. The van der Waals surface area contributed by atoms with Gasteiger partial charge in [-0.3, -0.25) is 0 Å². The average Bonchev–Trinajstić information content (AvgIpc) is 3.00. The van der Waals surface area contributed by atoms with E-state index in [2.05, 4.69) is 14.5 Å². The number of hydrogen-bond donors (Lipinski definition) is 1. The first kappa shape index (κ1) is 14.8. The van der Waals surface area contributed by atoms with Crippen LogP contribution in [0.5, 0.6) is 0 Å². The summed E-state index contributed by atoms with van der Waals surface area (Å²) in [6.07, 6.45) is 3.93. The van der Waals surface area contributed by atoms with Gasteiger partial charge in [-0.15, -0.1) is 0 Å². The maximum Gasteiger partial charge on any atom is 0.195 e. The molecule has 118 valence electrons. The van der Waals surface area contributed by atoms with E-state index in [9.17, 15) is 4.39 Å². The van der Waals surface area contributed by atoms with Gasteiger partial charge in [-0.25, -0.2) is 9.37 Å². The van der Waals surface area contributed by atoms with Crippen LogP contribution in [0, 0.1) is 5.82 Å². The number of imidazole rings is 1. The number of rotatable bonds is 3. The van der Waals surface area contributed by atoms with E-state index < -0.39 is 0 Å². The Morgan fingerprint density at radius 1 is 1.04 bits per heavy atom. The molecule has 0 bridgehead atoms. The normalized spacial score (nSPS) is 11.1. The van der Waals surface area contributed by atoms with Gasteiger partial charge in [0.15, 0.2) is 18.9 Å². The Hall–Kier alpha value is -2.72. The molecule has 4 aromatic rings. The molecule has 5 heteroatoms. The largest absolute Gasteiger partial charge is 0.333 e. The number of nitrogens with zero attached hydrogens (tertiary/aromatic N) is 2. The number of benzene rings is 2. The highest BCUT2D eigenvalue weighted by atomic mass is 35.5. The summed E-state index contributed by atoms with van der Waals surface area (Å²) in [7, 11) is 0. The van der Waals surface area contributed by atoms with Crippen molar-refractivity contribution in [3.8, 4) is 11.4 Å². The van der Waals surface area contributed by atoms with E-state index in [0.717, 1.165) is 28.2 Å². The van der Waals surface area contributed by atoms with E-state index in [0.29, 0.717) is 11.4 Å². The summed E-state index contributed by atoms with van der Waals surface area (Å²) < 4.78 is 16.0. The lowest BCUT2D eigenvalue weighted by molar-refractivity contribution is -0.687. The van der Waals surface area contributed by atoms with Gasteiger partial charge in [0.2, 0.25) is 0 Å². The van der Waals surface area contributed by atoms with Gasteiger partial charge in [0.25, 0.3) is 0 Å². The maximum atomic E-state index is 13.9. The van der Waals surface area contributed by atoms with Crippen molar-refractivity contribution < 1.29 is 8.96 Å². The van der Waals surface area contributed by atoms with Crippen LogP contribution in [-0.2, 0) is 6.54 Å². The Bertz CT molecular complexity index is 1010. The van der Waals surface area contributed by atoms with Crippen molar-refractivity contribution in [1.29, 1.82) is 0 Å². The summed E-state index contributed by atoms with van der Waals surface area (Å²) in [5.74, 6) is 0.248. The molecule has 0 spiro atoms. The molecule has 0 amide bonds. The lowest BCUT2D eigenvalue weighted by Gasteiger charge is -1.98. The van der Waals surface area contributed by atoms with Crippen molar-refractivity contribution in [2.45, 2.75) is 6.54 Å². The highest BCUT2D eigenvalue weighted by Crippen LogP contribution is 2.22. The van der Waals surface area contributed by atoms with E-state index in [-0.39, 0.29) is 5.82 Å². The zero-order valence-corrected chi connectivity index (χ0v) is 13.5. The molecule has 24 heavy (non-hydrogen) atoms. The van der Waals surface area contributed by atoms with Crippen LogP contribution in [0.25, 0.3) is 22.4 Å². The van der Waals surface area contributed by atoms with Crippen LogP contribution in [0.15, 0.2) is 67.0 Å². The molecule has 0 atom stereocenters. The van der Waals surface area contributed by atoms with Crippen LogP contribution < -0.4 is 4.57 Å². The first-order valence-corrected chi connectivity index (χ1v) is 7.95. The second-order valence-corrected chi connectivity index (χ2v) is 6.04. The highest BCUT2D eigenvalue weighted by Gasteiger charge is 2.12. The second kappa shape index (κ2) is 6.06. The fraction of sp³-hybridized carbons (Fsp3) is 0.0526. The van der Waals surface area contributed by atoms with Crippen molar-refractivity contribution in [1.82, 2.24) is 9.97 Å². The first-order valence-electron chi connectivity index (χ1n) is 7.57. The van der Waals surface area contributed by atoms with E-state index in [1.807, 2.05) is 42.7 Å². The predicted molar refractivity (Wildman–Crippen MR) is 92.2 cm³/mol. The van der Waals surface area contributed by atoms with E-state index in [1.54, 1.807) is 18.2 Å². The maximum absolute atomic E-state index is 13.9. The standard InChI is InChI=1S/C19H13ClFN3/c20-14-7-5-13(6-8-14)11-24-10-9-17-18(12-24)23-19(22-17)15-3-1-2-4-16(15)21/h1-10,12H,11H2/p+1. The molecule has 4 rings (SSSR count). The first-order chi connectivity index (χ1) is 11.7. The van der Waals surface area contributed by atoms with Crippen LogP contribution in [0.1, 0.15) is 5.56 Å². The van der Waals surface area contributed by atoms with Gasteiger partial charge in [0.05, 0.1) is 5.56 Å². The Morgan fingerprint density at radius 3 is 2.62 bits per heavy atom. The molecule has 3 nitrogen and oxygen atoms in total. The third-order valence-corrected chi connectivity index (χ3v) is 4.14. The number of pyridine rings is 1. The molecular formula is C19H14ClFN3+. The molecule has 0 unspecified atom stereocenters. The summed E-state index contributed by atoms with van der Waals surface area (Å²) in [6, 6.07) is 16.3. The Morgan fingerprint density at radius 2 is 1.83 bits per heavy atom. The topological polar surface area (TPSA) is 32.6 Å². The highest BCUT2D eigenvalue weighted by molar-refractivity contribution is 6.30. The quantitative estimate of drug-likeness (QED) is 0.553. The van der Waals surface area contributed by atoms with Gasteiger partial charge < -0.3 is 4.98 Å². The van der Waals surface area contributed by atoms with Crippen molar-refractivity contribution >= 4 is 22.6 Å². The minimum atomic E-state index is -0.286. The van der Waals surface area contributed by atoms with Gasteiger partial charge in [-0.1, -0.05) is 35.9 Å². The van der Waals surface area contributed by atoms with E-state index in [1.165, 1.54) is 6.07 Å². The van der Waals surface area contributed by atoms with Gasteiger partial charge in [0.1, 0.15) is 22.7 Å². The monoisotopic (exact) mass is 338 g/mol. The van der Waals surface area contributed by atoms with Crippen molar-refractivity contribution in [2.24, 2.45) is 0 Å². The number of aromatic nitrogens is 3. The second-order valence-electron chi connectivity index (χ2n) is 5.61. The molecule has 0 aliphatic heterocycles. The number of H-pyrrole nitrogens is 1. The van der Waals surface area contributed by atoms with E-state index in [4.69, 9.17) is 11.6 Å². The lowest BCUT2D eigenvalue weighted by atomic mass is 10.2. The van der Waals surface area contributed by atoms with Crippen LogP contribution in [-0.4, -0.2) is 9.97 Å². The fourth-order valence-electron chi connectivity index (χ4n) is 2.68. The summed E-state index contributed by atoms with van der Waals surface area (Å²) in [5, 5.41) is 0.724. The molecule has 0 radical (unpaired) electrons. The van der Waals surface area contributed by atoms with Crippen molar-refractivity contribution in [3.05, 3.63) is 83.4 Å². The molecule has 2 aromatic carbocycles. The molecule has 0 aliphatic carbocycles. The average molecular weight is 339 g/mol.